The minimum absolute atomic E-state index is 0.235. The van der Waals surface area contributed by atoms with Gasteiger partial charge in [0.25, 0.3) is 0 Å². The SMILES string of the molecule is Cc1ccc2c3c(c4ccccc4c2c1)=CC(c1ccccc1-c1ccccc1-c1ccccc1C(C)NCC1C=CC=CC1)CC=3. The zero-order valence-corrected chi connectivity index (χ0v) is 27.3. The van der Waals surface area contributed by atoms with Crippen LogP contribution >= 0.6 is 0 Å². The molecule has 1 N–H and O–H groups in total. The standard InChI is InChI=1S/C46H41N/c1-31-24-26-43-44-27-25-34(29-46(44)42-23-13-12-22-41(42)45(43)28-31)36-17-7-9-19-38(36)40-21-11-10-20-39(40)37-18-8-6-16-35(37)32(2)47-30-33-14-4-3-5-15-33/h3-14,16-24,26-29,32-34,47H,15,25,30H2,1-2H3. The molecule has 0 radical (unpaired) electrons. The van der Waals surface area contributed by atoms with E-state index in [9.17, 15) is 0 Å². The highest BCUT2D eigenvalue weighted by Gasteiger charge is 2.21. The normalized spacial score (nSPS) is 17.7. The fourth-order valence-corrected chi connectivity index (χ4v) is 7.85. The van der Waals surface area contributed by atoms with Crippen LogP contribution in [0.5, 0.6) is 0 Å². The predicted molar refractivity (Wildman–Crippen MR) is 202 cm³/mol. The second-order valence-electron chi connectivity index (χ2n) is 13.3. The smallest absolute Gasteiger partial charge is 0.0298 e. The number of hydrogen-bond acceptors (Lipinski definition) is 1. The van der Waals surface area contributed by atoms with Crippen molar-refractivity contribution in [2.75, 3.05) is 6.54 Å². The number of hydrogen-bond donors (Lipinski definition) is 1. The molecule has 0 aromatic heterocycles. The van der Waals surface area contributed by atoms with E-state index in [1.165, 1.54) is 70.9 Å². The zero-order chi connectivity index (χ0) is 31.7. The van der Waals surface area contributed by atoms with Crippen LogP contribution in [0.2, 0.25) is 0 Å². The number of aryl methyl sites for hydroxylation is 1. The van der Waals surface area contributed by atoms with Crippen LogP contribution in [-0.4, -0.2) is 6.54 Å². The van der Waals surface area contributed by atoms with Crippen LogP contribution in [0.3, 0.4) is 0 Å². The molecule has 0 spiro atoms. The molecule has 0 aliphatic heterocycles. The van der Waals surface area contributed by atoms with Gasteiger partial charge in [-0.1, -0.05) is 157 Å². The lowest BCUT2D eigenvalue weighted by Gasteiger charge is -2.24. The predicted octanol–water partition coefficient (Wildman–Crippen LogP) is 10.2. The van der Waals surface area contributed by atoms with E-state index >= 15 is 0 Å². The van der Waals surface area contributed by atoms with Crippen molar-refractivity contribution in [2.45, 2.75) is 38.6 Å². The Hall–Kier alpha value is -4.98. The van der Waals surface area contributed by atoms with Gasteiger partial charge in [-0.05, 0) is 98.0 Å². The summed E-state index contributed by atoms with van der Waals surface area (Å²) >= 11 is 0. The Bertz CT molecular complexity index is 2300. The first-order chi connectivity index (χ1) is 23.2. The van der Waals surface area contributed by atoms with E-state index in [1.54, 1.807) is 0 Å². The van der Waals surface area contributed by atoms with Gasteiger partial charge in [-0.25, -0.2) is 0 Å². The Morgan fingerprint density at radius 1 is 0.638 bits per heavy atom. The second kappa shape index (κ2) is 12.7. The molecular formula is C46H41N. The lowest BCUT2D eigenvalue weighted by atomic mass is 9.82. The van der Waals surface area contributed by atoms with Crippen LogP contribution in [0, 0.1) is 12.8 Å². The Balaban J connectivity index is 1.22. The fourth-order valence-electron chi connectivity index (χ4n) is 7.85. The number of benzene rings is 6. The van der Waals surface area contributed by atoms with Gasteiger partial charge >= 0.3 is 0 Å². The maximum Gasteiger partial charge on any atom is 0.0298 e. The Labute approximate surface area is 278 Å². The monoisotopic (exact) mass is 607 g/mol. The molecule has 0 bridgehead atoms. The lowest BCUT2D eigenvalue weighted by Crippen LogP contribution is -2.30. The van der Waals surface area contributed by atoms with Gasteiger partial charge in [-0.3, -0.25) is 0 Å². The molecule has 8 rings (SSSR count). The molecular weight excluding hydrogens is 567 g/mol. The summed E-state index contributed by atoms with van der Waals surface area (Å²) in [5.41, 5.74) is 9.23. The van der Waals surface area contributed by atoms with Crippen LogP contribution in [0.25, 0.3) is 56.0 Å². The number of rotatable bonds is 7. The van der Waals surface area contributed by atoms with Crippen LogP contribution < -0.4 is 15.8 Å². The molecule has 3 unspecified atom stereocenters. The second-order valence-corrected chi connectivity index (χ2v) is 13.3. The van der Waals surface area contributed by atoms with Crippen molar-refractivity contribution in [1.82, 2.24) is 5.32 Å². The summed E-state index contributed by atoms with van der Waals surface area (Å²) in [7, 11) is 0. The highest BCUT2D eigenvalue weighted by molar-refractivity contribution is 6.08. The Kier molecular flexibility index (Phi) is 7.93. The van der Waals surface area contributed by atoms with Gasteiger partial charge in [0.05, 0.1) is 0 Å². The van der Waals surface area contributed by atoms with Crippen molar-refractivity contribution in [3.63, 3.8) is 0 Å². The third-order valence-electron chi connectivity index (χ3n) is 10.3. The van der Waals surface area contributed by atoms with E-state index in [2.05, 4.69) is 171 Å². The minimum Gasteiger partial charge on any atom is -0.310 e. The molecule has 1 nitrogen and oxygen atoms in total. The molecule has 1 heteroatoms. The summed E-state index contributed by atoms with van der Waals surface area (Å²) < 4.78 is 0. The quantitative estimate of drug-likeness (QED) is 0.178. The summed E-state index contributed by atoms with van der Waals surface area (Å²) in [6.45, 7) is 5.47. The molecule has 6 aromatic carbocycles. The van der Waals surface area contributed by atoms with E-state index in [4.69, 9.17) is 0 Å². The lowest BCUT2D eigenvalue weighted by molar-refractivity contribution is 0.502. The van der Waals surface area contributed by atoms with Crippen molar-refractivity contribution in [3.05, 3.63) is 167 Å². The third kappa shape index (κ3) is 5.56. The summed E-state index contributed by atoms with van der Waals surface area (Å²) in [4.78, 5) is 0. The van der Waals surface area contributed by atoms with Gasteiger partial charge in [0.2, 0.25) is 0 Å². The summed E-state index contributed by atoms with van der Waals surface area (Å²) in [5.74, 6) is 0.827. The van der Waals surface area contributed by atoms with E-state index in [1.807, 2.05) is 0 Å². The van der Waals surface area contributed by atoms with E-state index < -0.39 is 0 Å². The number of fused-ring (bicyclic) bond motifs is 6. The molecule has 0 saturated heterocycles. The first-order valence-corrected chi connectivity index (χ1v) is 17.1. The van der Waals surface area contributed by atoms with Crippen LogP contribution in [0.15, 0.2) is 140 Å². The first kappa shape index (κ1) is 29.4. The van der Waals surface area contributed by atoms with E-state index in [0.717, 1.165) is 19.4 Å². The average molecular weight is 608 g/mol. The molecule has 47 heavy (non-hydrogen) atoms. The first-order valence-electron chi connectivity index (χ1n) is 17.1. The maximum atomic E-state index is 3.85. The fraction of sp³-hybridized carbons (Fsp3) is 0.174. The third-order valence-corrected chi connectivity index (χ3v) is 10.3. The maximum absolute atomic E-state index is 3.85. The van der Waals surface area contributed by atoms with Crippen molar-refractivity contribution >= 4 is 33.7 Å². The van der Waals surface area contributed by atoms with Gasteiger partial charge in [-0.15, -0.1) is 0 Å². The van der Waals surface area contributed by atoms with Gasteiger partial charge in [0.15, 0.2) is 0 Å². The molecule has 2 aliphatic carbocycles. The molecule has 0 fully saturated rings. The summed E-state index contributed by atoms with van der Waals surface area (Å²) in [5, 5.41) is 12.0. The van der Waals surface area contributed by atoms with Crippen LogP contribution in [0.1, 0.15) is 48.4 Å². The molecule has 3 atom stereocenters. The molecule has 230 valence electrons. The average Bonchev–Trinajstić information content (AvgIpc) is 3.14. The van der Waals surface area contributed by atoms with Gasteiger partial charge < -0.3 is 5.32 Å². The zero-order valence-electron chi connectivity index (χ0n) is 27.3. The molecule has 6 aromatic rings. The largest absolute Gasteiger partial charge is 0.310 e. The van der Waals surface area contributed by atoms with Crippen molar-refractivity contribution in [3.8, 4) is 22.3 Å². The molecule has 0 heterocycles. The Morgan fingerprint density at radius 3 is 2.13 bits per heavy atom. The van der Waals surface area contributed by atoms with Gasteiger partial charge in [0, 0.05) is 18.5 Å². The van der Waals surface area contributed by atoms with E-state index in [0.29, 0.717) is 5.92 Å². The number of nitrogens with one attached hydrogen (secondary N) is 1. The van der Waals surface area contributed by atoms with Crippen molar-refractivity contribution in [1.29, 1.82) is 0 Å². The highest BCUT2D eigenvalue weighted by atomic mass is 14.9. The molecule has 0 amide bonds. The highest BCUT2D eigenvalue weighted by Crippen LogP contribution is 2.40. The summed E-state index contributed by atoms with van der Waals surface area (Å²) in [6, 6.07) is 43.1. The summed E-state index contributed by atoms with van der Waals surface area (Å²) in [6.07, 6.45) is 16.0. The van der Waals surface area contributed by atoms with Crippen molar-refractivity contribution in [2.24, 2.45) is 5.92 Å². The molecule has 2 aliphatic rings. The van der Waals surface area contributed by atoms with Gasteiger partial charge in [0.1, 0.15) is 0 Å². The molecule has 0 saturated carbocycles. The topological polar surface area (TPSA) is 12.0 Å². The van der Waals surface area contributed by atoms with Crippen molar-refractivity contribution < 1.29 is 0 Å². The number of allylic oxidation sites excluding steroid dienone is 3. The van der Waals surface area contributed by atoms with Crippen LogP contribution in [-0.2, 0) is 0 Å². The van der Waals surface area contributed by atoms with Gasteiger partial charge in [-0.2, -0.15) is 0 Å². The Morgan fingerprint density at radius 2 is 1.32 bits per heavy atom. The van der Waals surface area contributed by atoms with Crippen LogP contribution in [0.4, 0.5) is 0 Å². The van der Waals surface area contributed by atoms with E-state index in [-0.39, 0.29) is 12.0 Å². The minimum atomic E-state index is 0.235.